The zero-order chi connectivity index (χ0) is 17.2. The molecule has 25 heavy (non-hydrogen) atoms. The van der Waals surface area contributed by atoms with Crippen LogP contribution in [0, 0.1) is 0 Å². The minimum absolute atomic E-state index is 0.0968. The molecule has 3 heterocycles. The first kappa shape index (κ1) is 15.1. The highest BCUT2D eigenvalue weighted by molar-refractivity contribution is 6.10. The van der Waals surface area contributed by atoms with Gasteiger partial charge in [-0.15, -0.1) is 0 Å². The Morgan fingerprint density at radius 1 is 1.24 bits per heavy atom. The summed E-state index contributed by atoms with van der Waals surface area (Å²) in [6.45, 7) is 0.595. The maximum Gasteiger partial charge on any atom is 0.256 e. The Bertz CT molecular complexity index is 949. The molecule has 124 valence electrons. The molecule has 2 N–H and O–H groups in total. The zero-order valence-corrected chi connectivity index (χ0v) is 13.3. The van der Waals surface area contributed by atoms with Gasteiger partial charge in [0, 0.05) is 29.8 Å². The second-order valence-corrected chi connectivity index (χ2v) is 5.79. The van der Waals surface area contributed by atoms with E-state index in [1.54, 1.807) is 47.7 Å². The van der Waals surface area contributed by atoms with Crippen LogP contribution in [0.1, 0.15) is 21.5 Å². The Hall–Kier alpha value is -3.48. The third kappa shape index (κ3) is 3.12. The van der Waals surface area contributed by atoms with Crippen molar-refractivity contribution in [1.29, 1.82) is 0 Å². The summed E-state index contributed by atoms with van der Waals surface area (Å²) in [5.74, 6) is -0.350. The molecule has 0 bridgehead atoms. The minimum atomic E-state index is -0.253. The van der Waals surface area contributed by atoms with Crippen molar-refractivity contribution in [2.75, 3.05) is 10.6 Å². The van der Waals surface area contributed by atoms with E-state index in [4.69, 9.17) is 0 Å². The van der Waals surface area contributed by atoms with E-state index in [9.17, 15) is 9.59 Å². The average molecular weight is 333 g/mol. The highest BCUT2D eigenvalue weighted by Crippen LogP contribution is 2.26. The number of aromatic nitrogens is 3. The fourth-order valence-corrected chi connectivity index (χ4v) is 2.85. The number of hydrogen-bond donors (Lipinski definition) is 2. The zero-order valence-electron chi connectivity index (χ0n) is 13.3. The molecular weight excluding hydrogens is 318 g/mol. The number of hydrogen-bond acceptors (Lipinski definition) is 4. The van der Waals surface area contributed by atoms with E-state index < -0.39 is 0 Å². The minimum Gasteiger partial charge on any atom is -0.326 e. The summed E-state index contributed by atoms with van der Waals surface area (Å²) in [5, 5.41) is 9.84. The van der Waals surface area contributed by atoms with Gasteiger partial charge < -0.3 is 10.6 Å². The van der Waals surface area contributed by atoms with Crippen molar-refractivity contribution in [3.05, 3.63) is 71.8 Å². The van der Waals surface area contributed by atoms with E-state index >= 15 is 0 Å². The van der Waals surface area contributed by atoms with Crippen LogP contribution in [-0.4, -0.2) is 26.6 Å². The normalized spacial score (nSPS) is 12.6. The van der Waals surface area contributed by atoms with Crippen molar-refractivity contribution in [3.63, 3.8) is 0 Å². The van der Waals surface area contributed by atoms with Gasteiger partial charge in [0.15, 0.2) is 0 Å². The van der Waals surface area contributed by atoms with E-state index in [0.29, 0.717) is 23.5 Å². The second kappa shape index (κ2) is 6.20. The Morgan fingerprint density at radius 3 is 2.92 bits per heavy atom. The van der Waals surface area contributed by atoms with E-state index in [0.717, 1.165) is 11.1 Å². The molecule has 1 aliphatic rings. The molecule has 0 saturated heterocycles. The van der Waals surface area contributed by atoms with Gasteiger partial charge >= 0.3 is 0 Å². The van der Waals surface area contributed by atoms with E-state index in [1.807, 2.05) is 12.1 Å². The predicted molar refractivity (Wildman–Crippen MR) is 92.3 cm³/mol. The number of pyridine rings is 1. The average Bonchev–Trinajstić information content (AvgIpc) is 3.20. The summed E-state index contributed by atoms with van der Waals surface area (Å²) >= 11 is 0. The van der Waals surface area contributed by atoms with Gasteiger partial charge in [0.05, 0.1) is 24.8 Å². The summed E-state index contributed by atoms with van der Waals surface area (Å²) in [5.41, 5.74) is 3.60. The Morgan fingerprint density at radius 2 is 2.08 bits per heavy atom. The topological polar surface area (TPSA) is 88.9 Å². The first-order chi connectivity index (χ1) is 12.2. The van der Waals surface area contributed by atoms with Gasteiger partial charge in [-0.3, -0.25) is 19.3 Å². The maximum atomic E-state index is 12.6. The van der Waals surface area contributed by atoms with Gasteiger partial charge in [0.2, 0.25) is 5.91 Å². The van der Waals surface area contributed by atoms with Crippen molar-refractivity contribution >= 4 is 23.2 Å². The van der Waals surface area contributed by atoms with Crippen molar-refractivity contribution in [3.8, 4) is 0 Å². The predicted octanol–water partition coefficient (Wildman–Crippen LogP) is 2.07. The molecule has 1 aromatic carbocycles. The molecule has 0 radical (unpaired) electrons. The van der Waals surface area contributed by atoms with Crippen molar-refractivity contribution in [1.82, 2.24) is 14.8 Å². The van der Waals surface area contributed by atoms with Crippen LogP contribution in [0.5, 0.6) is 0 Å². The van der Waals surface area contributed by atoms with Crippen molar-refractivity contribution < 1.29 is 9.59 Å². The summed E-state index contributed by atoms with van der Waals surface area (Å²) in [4.78, 5) is 28.1. The molecule has 2 aromatic heterocycles. The molecule has 2 amide bonds. The van der Waals surface area contributed by atoms with Crippen LogP contribution in [0.3, 0.4) is 0 Å². The number of carbonyl (C=O) groups is 2. The lowest BCUT2D eigenvalue weighted by atomic mass is 10.0. The van der Waals surface area contributed by atoms with Crippen LogP contribution in [0.2, 0.25) is 0 Å². The molecule has 7 heteroatoms. The Kier molecular flexibility index (Phi) is 3.74. The van der Waals surface area contributed by atoms with Crippen LogP contribution in [-0.2, 0) is 17.8 Å². The standard InChI is InChI=1S/C18H15N5O2/c24-17-8-15-14(2-1-3-16(15)22-17)18(25)21-13-9-20-23(11-13)10-12-4-6-19-7-5-12/h1-7,9,11H,8,10H2,(H,21,25)(H,22,24). The molecule has 0 atom stereocenters. The summed E-state index contributed by atoms with van der Waals surface area (Å²) in [6, 6.07) is 9.10. The lowest BCUT2D eigenvalue weighted by Crippen LogP contribution is -2.13. The van der Waals surface area contributed by atoms with Crippen molar-refractivity contribution in [2.45, 2.75) is 13.0 Å². The van der Waals surface area contributed by atoms with Gasteiger partial charge in [-0.2, -0.15) is 5.10 Å². The molecule has 3 aromatic rings. The van der Waals surface area contributed by atoms with Crippen LogP contribution < -0.4 is 10.6 Å². The summed E-state index contributed by atoms with van der Waals surface area (Å²) in [6.07, 6.45) is 7.05. The molecule has 4 rings (SSSR count). The van der Waals surface area contributed by atoms with Gasteiger partial charge in [0.25, 0.3) is 5.91 Å². The Labute approximate surface area is 143 Å². The lowest BCUT2D eigenvalue weighted by molar-refractivity contribution is -0.115. The van der Waals surface area contributed by atoms with Crippen LogP contribution in [0.25, 0.3) is 0 Å². The van der Waals surface area contributed by atoms with E-state index in [2.05, 4.69) is 20.7 Å². The molecule has 1 aliphatic heterocycles. The first-order valence-electron chi connectivity index (χ1n) is 7.83. The van der Waals surface area contributed by atoms with E-state index in [-0.39, 0.29) is 18.2 Å². The van der Waals surface area contributed by atoms with Gasteiger partial charge in [0.1, 0.15) is 0 Å². The summed E-state index contributed by atoms with van der Waals surface area (Å²) in [7, 11) is 0. The van der Waals surface area contributed by atoms with Gasteiger partial charge in [-0.1, -0.05) is 6.07 Å². The number of nitrogens with zero attached hydrogens (tertiary/aromatic N) is 3. The fraction of sp³-hybridized carbons (Fsp3) is 0.111. The van der Waals surface area contributed by atoms with Gasteiger partial charge in [-0.05, 0) is 35.4 Å². The quantitative estimate of drug-likeness (QED) is 0.765. The molecular formula is C18H15N5O2. The third-order valence-electron chi connectivity index (χ3n) is 4.02. The maximum absolute atomic E-state index is 12.6. The number of carbonyl (C=O) groups excluding carboxylic acids is 2. The molecule has 0 saturated carbocycles. The highest BCUT2D eigenvalue weighted by Gasteiger charge is 2.23. The largest absolute Gasteiger partial charge is 0.326 e. The van der Waals surface area contributed by atoms with Crippen LogP contribution >= 0.6 is 0 Å². The SMILES string of the molecule is O=C1Cc2c(cccc2C(=O)Nc2cnn(Cc3ccncc3)c2)N1. The number of benzene rings is 1. The summed E-state index contributed by atoms with van der Waals surface area (Å²) < 4.78 is 1.74. The van der Waals surface area contributed by atoms with E-state index in [1.165, 1.54) is 0 Å². The smallest absolute Gasteiger partial charge is 0.256 e. The lowest BCUT2D eigenvalue weighted by Gasteiger charge is -2.07. The number of rotatable bonds is 4. The Balaban J connectivity index is 1.49. The molecule has 0 unspecified atom stereocenters. The molecule has 0 aliphatic carbocycles. The highest BCUT2D eigenvalue weighted by atomic mass is 16.2. The number of amides is 2. The van der Waals surface area contributed by atoms with Crippen LogP contribution in [0.4, 0.5) is 11.4 Å². The number of nitrogens with one attached hydrogen (secondary N) is 2. The molecule has 0 spiro atoms. The monoisotopic (exact) mass is 333 g/mol. The number of fused-ring (bicyclic) bond motifs is 1. The first-order valence-corrected chi connectivity index (χ1v) is 7.83. The molecule has 7 nitrogen and oxygen atoms in total. The number of anilines is 2. The van der Waals surface area contributed by atoms with Gasteiger partial charge in [-0.25, -0.2) is 0 Å². The van der Waals surface area contributed by atoms with Crippen molar-refractivity contribution in [2.24, 2.45) is 0 Å². The fourth-order valence-electron chi connectivity index (χ4n) is 2.85. The second-order valence-electron chi connectivity index (χ2n) is 5.79. The molecule has 0 fully saturated rings. The van der Waals surface area contributed by atoms with Crippen LogP contribution in [0.15, 0.2) is 55.1 Å². The third-order valence-corrected chi connectivity index (χ3v) is 4.02.